The summed E-state index contributed by atoms with van der Waals surface area (Å²) >= 11 is 1.16. The van der Waals surface area contributed by atoms with Gasteiger partial charge < -0.3 is 4.74 Å². The summed E-state index contributed by atoms with van der Waals surface area (Å²) in [6.07, 6.45) is 1.79. The number of benzene rings is 3. The Bertz CT molecular complexity index is 1020. The summed E-state index contributed by atoms with van der Waals surface area (Å²) in [5.74, 6) is 1.26. The number of ether oxygens (including phenoxy) is 1. The summed E-state index contributed by atoms with van der Waals surface area (Å²) < 4.78 is 5.85. The molecule has 1 saturated heterocycles. The SMILES string of the molecule is N=C1S/C(=C\c2cccc(Oc3ccccc3)c2)C(=O)N1c1ccccc1. The van der Waals surface area contributed by atoms with Crippen molar-refractivity contribution in [3.05, 3.63) is 95.4 Å². The van der Waals surface area contributed by atoms with Crippen molar-refractivity contribution in [2.75, 3.05) is 4.90 Å². The second-order valence-electron chi connectivity index (χ2n) is 5.88. The van der Waals surface area contributed by atoms with Crippen molar-refractivity contribution >= 4 is 34.6 Å². The number of amidine groups is 1. The second-order valence-corrected chi connectivity index (χ2v) is 6.91. The highest BCUT2D eigenvalue weighted by Crippen LogP contribution is 2.35. The summed E-state index contributed by atoms with van der Waals surface area (Å²) in [6, 6.07) is 26.3. The number of hydrogen-bond acceptors (Lipinski definition) is 4. The van der Waals surface area contributed by atoms with Crippen molar-refractivity contribution in [3.8, 4) is 11.5 Å². The number of anilines is 1. The number of nitrogens with zero attached hydrogens (tertiary/aromatic N) is 1. The summed E-state index contributed by atoms with van der Waals surface area (Å²) in [4.78, 5) is 14.7. The minimum absolute atomic E-state index is 0.189. The molecule has 132 valence electrons. The maximum absolute atomic E-state index is 12.8. The van der Waals surface area contributed by atoms with Gasteiger partial charge in [-0.2, -0.15) is 0 Å². The Labute approximate surface area is 161 Å². The van der Waals surface area contributed by atoms with E-state index in [-0.39, 0.29) is 11.1 Å². The van der Waals surface area contributed by atoms with Crippen LogP contribution in [-0.2, 0) is 4.79 Å². The van der Waals surface area contributed by atoms with Crippen LogP contribution >= 0.6 is 11.8 Å². The first-order valence-electron chi connectivity index (χ1n) is 8.41. The molecule has 27 heavy (non-hydrogen) atoms. The van der Waals surface area contributed by atoms with E-state index >= 15 is 0 Å². The minimum Gasteiger partial charge on any atom is -0.457 e. The molecule has 5 heteroatoms. The van der Waals surface area contributed by atoms with Gasteiger partial charge in [-0.1, -0.05) is 48.5 Å². The van der Waals surface area contributed by atoms with Crippen molar-refractivity contribution < 1.29 is 9.53 Å². The smallest absolute Gasteiger partial charge is 0.271 e. The van der Waals surface area contributed by atoms with E-state index in [4.69, 9.17) is 10.1 Å². The van der Waals surface area contributed by atoms with E-state index < -0.39 is 0 Å². The molecule has 0 bridgehead atoms. The average Bonchev–Trinajstić information content (AvgIpc) is 2.97. The van der Waals surface area contributed by atoms with Gasteiger partial charge in [0.1, 0.15) is 11.5 Å². The fourth-order valence-electron chi connectivity index (χ4n) is 2.74. The molecule has 0 saturated carbocycles. The zero-order valence-corrected chi connectivity index (χ0v) is 15.1. The second kappa shape index (κ2) is 7.51. The molecule has 0 unspecified atom stereocenters. The van der Waals surface area contributed by atoms with Crippen LogP contribution < -0.4 is 9.64 Å². The molecule has 0 radical (unpaired) electrons. The Morgan fingerprint density at radius 2 is 1.52 bits per heavy atom. The molecule has 1 aliphatic heterocycles. The van der Waals surface area contributed by atoms with Crippen LogP contribution in [0, 0.1) is 5.41 Å². The van der Waals surface area contributed by atoms with Gasteiger partial charge in [0.05, 0.1) is 10.6 Å². The monoisotopic (exact) mass is 372 g/mol. The van der Waals surface area contributed by atoms with Crippen LogP contribution in [0.5, 0.6) is 11.5 Å². The summed E-state index contributed by atoms with van der Waals surface area (Å²) in [7, 11) is 0. The quantitative estimate of drug-likeness (QED) is 0.612. The number of carbonyl (C=O) groups excluding carboxylic acids is 1. The molecule has 1 N–H and O–H groups in total. The van der Waals surface area contributed by atoms with Crippen LogP contribution in [0.25, 0.3) is 6.08 Å². The molecule has 3 aromatic rings. The van der Waals surface area contributed by atoms with Gasteiger partial charge in [0.25, 0.3) is 5.91 Å². The molecule has 0 aromatic heterocycles. The number of amides is 1. The molecule has 0 aliphatic carbocycles. The first kappa shape index (κ1) is 17.1. The van der Waals surface area contributed by atoms with Gasteiger partial charge in [-0.3, -0.25) is 15.1 Å². The van der Waals surface area contributed by atoms with Crippen LogP contribution in [0.15, 0.2) is 89.8 Å². The molecule has 0 atom stereocenters. The standard InChI is InChI=1S/C22H16N2O2S/c23-22-24(17-9-3-1-4-10-17)21(25)20(27-22)15-16-8-7-13-19(14-16)26-18-11-5-2-6-12-18/h1-15,23H/b20-15-,23-22?. The van der Waals surface area contributed by atoms with Crippen LogP contribution in [0.3, 0.4) is 0 Å². The van der Waals surface area contributed by atoms with E-state index in [1.807, 2.05) is 84.9 Å². The van der Waals surface area contributed by atoms with Crippen molar-refractivity contribution in [3.63, 3.8) is 0 Å². The van der Waals surface area contributed by atoms with Crippen LogP contribution in [0.4, 0.5) is 5.69 Å². The number of thioether (sulfide) groups is 1. The molecule has 3 aromatic carbocycles. The van der Waals surface area contributed by atoms with E-state index in [1.54, 1.807) is 6.08 Å². The Hall–Kier alpha value is -3.31. The van der Waals surface area contributed by atoms with Crippen LogP contribution in [-0.4, -0.2) is 11.1 Å². The van der Waals surface area contributed by atoms with Gasteiger partial charge in [0, 0.05) is 0 Å². The largest absolute Gasteiger partial charge is 0.457 e. The number of rotatable bonds is 4. The van der Waals surface area contributed by atoms with Crippen molar-refractivity contribution in [1.82, 2.24) is 0 Å². The van der Waals surface area contributed by atoms with Crippen LogP contribution in [0.2, 0.25) is 0 Å². The fourth-order valence-corrected chi connectivity index (χ4v) is 3.60. The van der Waals surface area contributed by atoms with E-state index in [2.05, 4.69) is 0 Å². The minimum atomic E-state index is -0.189. The lowest BCUT2D eigenvalue weighted by Gasteiger charge is -2.13. The Balaban J connectivity index is 1.58. The first-order chi connectivity index (χ1) is 13.2. The number of carbonyl (C=O) groups is 1. The highest BCUT2D eigenvalue weighted by Gasteiger charge is 2.33. The molecule has 1 aliphatic rings. The van der Waals surface area contributed by atoms with Crippen molar-refractivity contribution in [1.29, 1.82) is 5.41 Å². The summed E-state index contributed by atoms with van der Waals surface area (Å²) in [5, 5.41) is 8.37. The number of nitrogens with one attached hydrogen (secondary N) is 1. The van der Waals surface area contributed by atoms with Gasteiger partial charge in [0.2, 0.25) is 0 Å². The molecule has 1 heterocycles. The van der Waals surface area contributed by atoms with Gasteiger partial charge >= 0.3 is 0 Å². The maximum Gasteiger partial charge on any atom is 0.271 e. The lowest BCUT2D eigenvalue weighted by atomic mass is 10.2. The van der Waals surface area contributed by atoms with Gasteiger partial charge in [-0.15, -0.1) is 0 Å². The highest BCUT2D eigenvalue weighted by atomic mass is 32.2. The molecule has 0 spiro atoms. The fraction of sp³-hybridized carbons (Fsp3) is 0. The van der Waals surface area contributed by atoms with Gasteiger partial charge in [-0.05, 0) is 59.8 Å². The average molecular weight is 372 g/mol. The van der Waals surface area contributed by atoms with E-state index in [9.17, 15) is 4.79 Å². The molecule has 4 nitrogen and oxygen atoms in total. The van der Waals surface area contributed by atoms with Crippen LogP contribution in [0.1, 0.15) is 5.56 Å². The van der Waals surface area contributed by atoms with Gasteiger partial charge in [0.15, 0.2) is 5.17 Å². The topological polar surface area (TPSA) is 53.4 Å². The van der Waals surface area contributed by atoms with E-state index in [0.717, 1.165) is 23.1 Å². The molecular formula is C22H16N2O2S. The van der Waals surface area contributed by atoms with E-state index in [0.29, 0.717) is 16.3 Å². The molecule has 1 amide bonds. The van der Waals surface area contributed by atoms with Gasteiger partial charge in [-0.25, -0.2) is 0 Å². The lowest BCUT2D eigenvalue weighted by molar-refractivity contribution is -0.113. The lowest BCUT2D eigenvalue weighted by Crippen LogP contribution is -2.27. The van der Waals surface area contributed by atoms with Crippen molar-refractivity contribution in [2.45, 2.75) is 0 Å². The maximum atomic E-state index is 12.8. The molecular weight excluding hydrogens is 356 g/mol. The van der Waals surface area contributed by atoms with E-state index in [1.165, 1.54) is 4.90 Å². The summed E-state index contributed by atoms with van der Waals surface area (Å²) in [6.45, 7) is 0. The zero-order chi connectivity index (χ0) is 18.6. The third kappa shape index (κ3) is 3.78. The number of para-hydroxylation sites is 2. The Morgan fingerprint density at radius 1 is 0.852 bits per heavy atom. The predicted octanol–water partition coefficient (Wildman–Crippen LogP) is 5.53. The first-order valence-corrected chi connectivity index (χ1v) is 9.23. The number of hydrogen-bond donors (Lipinski definition) is 1. The Morgan fingerprint density at radius 3 is 2.26 bits per heavy atom. The zero-order valence-electron chi connectivity index (χ0n) is 14.3. The molecule has 1 fully saturated rings. The van der Waals surface area contributed by atoms with Crippen molar-refractivity contribution in [2.24, 2.45) is 0 Å². The Kier molecular flexibility index (Phi) is 4.77. The third-order valence-electron chi connectivity index (χ3n) is 3.97. The normalized spacial score (nSPS) is 15.4. The molecule has 4 rings (SSSR count). The summed E-state index contributed by atoms with van der Waals surface area (Å²) in [5.41, 5.74) is 1.55. The predicted molar refractivity (Wildman–Crippen MR) is 110 cm³/mol. The highest BCUT2D eigenvalue weighted by molar-refractivity contribution is 8.19. The third-order valence-corrected chi connectivity index (χ3v) is 4.86.